The van der Waals surface area contributed by atoms with Crippen LogP contribution in [0.1, 0.15) is 37.8 Å². The van der Waals surface area contributed by atoms with Crippen LogP contribution in [0, 0.1) is 0 Å². The number of nitrogens with one attached hydrogen (secondary N) is 2. The zero-order valence-electron chi connectivity index (χ0n) is 13.3. The molecule has 0 saturated carbocycles. The first-order chi connectivity index (χ1) is 10.6. The zero-order chi connectivity index (χ0) is 15.9. The van der Waals surface area contributed by atoms with Crippen LogP contribution >= 0.6 is 0 Å². The van der Waals surface area contributed by atoms with Crippen LogP contribution in [0.5, 0.6) is 5.75 Å². The van der Waals surface area contributed by atoms with E-state index < -0.39 is 6.04 Å². The number of aryl methyl sites for hydroxylation is 2. The molecule has 1 aliphatic carbocycles. The van der Waals surface area contributed by atoms with E-state index in [0.29, 0.717) is 12.3 Å². The highest BCUT2D eigenvalue weighted by molar-refractivity contribution is 5.87. The summed E-state index contributed by atoms with van der Waals surface area (Å²) in [5.74, 6) is 0.242. The van der Waals surface area contributed by atoms with Crippen molar-refractivity contribution in [1.82, 2.24) is 10.6 Å². The van der Waals surface area contributed by atoms with E-state index in [2.05, 4.69) is 16.7 Å². The molecule has 2 N–H and O–H groups in total. The lowest BCUT2D eigenvalue weighted by molar-refractivity contribution is -0.129. The van der Waals surface area contributed by atoms with E-state index in [4.69, 9.17) is 4.74 Å². The number of ether oxygens (including phenoxy) is 1. The van der Waals surface area contributed by atoms with Gasteiger partial charge in [-0.1, -0.05) is 13.0 Å². The minimum absolute atomic E-state index is 0.0792. The summed E-state index contributed by atoms with van der Waals surface area (Å²) in [5, 5.41) is 5.38. The Morgan fingerprint density at radius 2 is 2.05 bits per heavy atom. The summed E-state index contributed by atoms with van der Waals surface area (Å²) < 4.78 is 5.51. The monoisotopic (exact) mass is 304 g/mol. The fraction of sp³-hybridized carbons (Fsp3) is 0.529. The molecule has 0 fully saturated rings. The predicted octanol–water partition coefficient (Wildman–Crippen LogP) is 1.58. The highest BCUT2D eigenvalue weighted by atomic mass is 16.5. The lowest BCUT2D eigenvalue weighted by Gasteiger charge is -2.14. The molecule has 0 unspecified atom stereocenters. The standard InChI is InChI=1S/C17H24N2O3/c1-3-9-18-17(21)12(2)19-16(20)11-22-15-8-7-13-5-4-6-14(13)10-15/h7-8,10,12H,3-6,9,11H2,1-2H3,(H,18,21)(H,19,20)/t12-/m0/s1. The van der Waals surface area contributed by atoms with Crippen molar-refractivity contribution in [3.8, 4) is 5.75 Å². The third-order valence-electron chi connectivity index (χ3n) is 3.76. The van der Waals surface area contributed by atoms with E-state index in [1.54, 1.807) is 6.92 Å². The number of fused-ring (bicyclic) bond motifs is 1. The molecule has 2 amide bonds. The summed E-state index contributed by atoms with van der Waals surface area (Å²) >= 11 is 0. The smallest absolute Gasteiger partial charge is 0.258 e. The lowest BCUT2D eigenvalue weighted by Crippen LogP contribution is -2.46. The van der Waals surface area contributed by atoms with Gasteiger partial charge in [-0.25, -0.2) is 0 Å². The van der Waals surface area contributed by atoms with Gasteiger partial charge in [0.15, 0.2) is 6.61 Å². The lowest BCUT2D eigenvalue weighted by atomic mass is 10.1. The Labute approximate surface area is 131 Å². The van der Waals surface area contributed by atoms with Gasteiger partial charge in [-0.05, 0) is 55.9 Å². The normalized spacial score (nSPS) is 14.1. The van der Waals surface area contributed by atoms with Crippen molar-refractivity contribution < 1.29 is 14.3 Å². The summed E-state index contributed by atoms with van der Waals surface area (Å²) in [7, 11) is 0. The first-order valence-electron chi connectivity index (χ1n) is 7.92. The number of hydrogen-bond acceptors (Lipinski definition) is 3. The van der Waals surface area contributed by atoms with Crippen molar-refractivity contribution in [3.63, 3.8) is 0 Å². The van der Waals surface area contributed by atoms with E-state index >= 15 is 0 Å². The molecule has 0 saturated heterocycles. The number of carbonyl (C=O) groups is 2. The highest BCUT2D eigenvalue weighted by Gasteiger charge is 2.16. The third kappa shape index (κ3) is 4.48. The van der Waals surface area contributed by atoms with Crippen molar-refractivity contribution in [1.29, 1.82) is 0 Å². The van der Waals surface area contributed by atoms with Crippen LogP contribution in [0.15, 0.2) is 18.2 Å². The Balaban J connectivity index is 1.76. The molecule has 1 aliphatic rings. The van der Waals surface area contributed by atoms with Gasteiger partial charge in [0, 0.05) is 6.54 Å². The molecule has 0 radical (unpaired) electrons. The van der Waals surface area contributed by atoms with Gasteiger partial charge in [0.1, 0.15) is 11.8 Å². The Morgan fingerprint density at radius 3 is 2.82 bits per heavy atom. The quantitative estimate of drug-likeness (QED) is 0.804. The summed E-state index contributed by atoms with van der Waals surface area (Å²) in [6.07, 6.45) is 4.26. The van der Waals surface area contributed by atoms with Crippen LogP contribution in [0.2, 0.25) is 0 Å². The molecule has 5 nitrogen and oxygen atoms in total. The second kappa shape index (κ2) is 7.82. The molecule has 5 heteroatoms. The first kappa shape index (κ1) is 16.3. The fourth-order valence-electron chi connectivity index (χ4n) is 2.54. The number of hydrogen-bond donors (Lipinski definition) is 2. The van der Waals surface area contributed by atoms with Gasteiger partial charge in [-0.3, -0.25) is 9.59 Å². The molecule has 0 aromatic heterocycles. The van der Waals surface area contributed by atoms with Gasteiger partial charge in [0.25, 0.3) is 5.91 Å². The van der Waals surface area contributed by atoms with Gasteiger partial charge >= 0.3 is 0 Å². The topological polar surface area (TPSA) is 67.4 Å². The minimum Gasteiger partial charge on any atom is -0.484 e. The van der Waals surface area contributed by atoms with Crippen LogP contribution in [0.25, 0.3) is 0 Å². The molecule has 1 aromatic rings. The summed E-state index contributed by atoms with van der Waals surface area (Å²) in [4.78, 5) is 23.5. The predicted molar refractivity (Wildman–Crippen MR) is 84.9 cm³/mol. The SMILES string of the molecule is CCCNC(=O)[C@H](C)NC(=O)COc1ccc2c(c1)CCC2. The third-order valence-corrected chi connectivity index (χ3v) is 3.76. The van der Waals surface area contributed by atoms with E-state index in [1.807, 2.05) is 19.1 Å². The molecule has 0 bridgehead atoms. The Hall–Kier alpha value is -2.04. The van der Waals surface area contributed by atoms with Crippen LogP contribution in [0.3, 0.4) is 0 Å². The molecular formula is C17H24N2O3. The minimum atomic E-state index is -0.553. The molecule has 0 spiro atoms. The van der Waals surface area contributed by atoms with Crippen LogP contribution in [-0.4, -0.2) is 31.0 Å². The van der Waals surface area contributed by atoms with Gasteiger partial charge < -0.3 is 15.4 Å². The largest absolute Gasteiger partial charge is 0.484 e. The second-order valence-electron chi connectivity index (χ2n) is 5.65. The fourth-order valence-corrected chi connectivity index (χ4v) is 2.54. The number of benzene rings is 1. The van der Waals surface area contributed by atoms with E-state index in [1.165, 1.54) is 17.5 Å². The van der Waals surface area contributed by atoms with Crippen molar-refractivity contribution in [2.75, 3.05) is 13.2 Å². The summed E-state index contributed by atoms with van der Waals surface area (Å²) in [6, 6.07) is 5.42. The Morgan fingerprint density at radius 1 is 1.27 bits per heavy atom. The molecule has 1 aromatic carbocycles. The van der Waals surface area contributed by atoms with Gasteiger partial charge in [-0.15, -0.1) is 0 Å². The van der Waals surface area contributed by atoms with Crippen molar-refractivity contribution in [2.24, 2.45) is 0 Å². The Bertz CT molecular complexity index is 543. The Kier molecular flexibility index (Phi) is 5.81. The average molecular weight is 304 g/mol. The van der Waals surface area contributed by atoms with Crippen molar-refractivity contribution in [2.45, 2.75) is 45.6 Å². The zero-order valence-corrected chi connectivity index (χ0v) is 13.3. The van der Waals surface area contributed by atoms with Crippen molar-refractivity contribution >= 4 is 11.8 Å². The molecule has 2 rings (SSSR count). The molecular weight excluding hydrogens is 280 g/mol. The van der Waals surface area contributed by atoms with Gasteiger partial charge in [0.2, 0.25) is 5.91 Å². The number of carbonyl (C=O) groups excluding carboxylic acids is 2. The van der Waals surface area contributed by atoms with Crippen LogP contribution < -0.4 is 15.4 Å². The number of rotatable bonds is 7. The molecule has 120 valence electrons. The maximum atomic E-state index is 11.8. The molecule has 0 aliphatic heterocycles. The number of amides is 2. The van der Waals surface area contributed by atoms with Crippen LogP contribution in [0.4, 0.5) is 0 Å². The molecule has 0 heterocycles. The van der Waals surface area contributed by atoms with Gasteiger partial charge in [0.05, 0.1) is 0 Å². The van der Waals surface area contributed by atoms with E-state index in [0.717, 1.165) is 19.3 Å². The molecule has 22 heavy (non-hydrogen) atoms. The second-order valence-corrected chi connectivity index (χ2v) is 5.65. The van der Waals surface area contributed by atoms with E-state index in [9.17, 15) is 9.59 Å². The summed E-state index contributed by atoms with van der Waals surface area (Å²) in [6.45, 7) is 4.18. The maximum Gasteiger partial charge on any atom is 0.258 e. The van der Waals surface area contributed by atoms with Crippen LogP contribution in [-0.2, 0) is 22.4 Å². The highest BCUT2D eigenvalue weighted by Crippen LogP contribution is 2.25. The maximum absolute atomic E-state index is 11.8. The first-order valence-corrected chi connectivity index (χ1v) is 7.92. The van der Waals surface area contributed by atoms with E-state index in [-0.39, 0.29) is 18.4 Å². The molecule has 1 atom stereocenters. The average Bonchev–Trinajstić information content (AvgIpc) is 2.98. The van der Waals surface area contributed by atoms with Crippen molar-refractivity contribution in [3.05, 3.63) is 29.3 Å². The summed E-state index contributed by atoms with van der Waals surface area (Å²) in [5.41, 5.74) is 2.68. The van der Waals surface area contributed by atoms with Gasteiger partial charge in [-0.2, -0.15) is 0 Å².